The van der Waals surface area contributed by atoms with Gasteiger partial charge in [-0.15, -0.1) is 0 Å². The van der Waals surface area contributed by atoms with E-state index in [4.69, 9.17) is 11.6 Å². The van der Waals surface area contributed by atoms with E-state index in [0.717, 1.165) is 17.3 Å². The van der Waals surface area contributed by atoms with E-state index in [1.807, 2.05) is 0 Å². The first-order valence-electron chi connectivity index (χ1n) is 6.94. The highest BCUT2D eigenvalue weighted by molar-refractivity contribution is 6.30. The van der Waals surface area contributed by atoms with E-state index in [1.54, 1.807) is 14.0 Å². The monoisotopic (exact) mass is 347 g/mol. The van der Waals surface area contributed by atoms with Crippen LogP contribution < -0.4 is 5.32 Å². The Morgan fingerprint density at radius 1 is 1.35 bits per heavy atom. The van der Waals surface area contributed by atoms with Crippen LogP contribution in [-0.4, -0.2) is 21.4 Å². The van der Waals surface area contributed by atoms with Crippen LogP contribution >= 0.6 is 11.6 Å². The van der Waals surface area contributed by atoms with Crippen molar-refractivity contribution in [3.05, 3.63) is 51.8 Å². The minimum atomic E-state index is -4.50. The van der Waals surface area contributed by atoms with E-state index in [-0.39, 0.29) is 12.1 Å². The van der Waals surface area contributed by atoms with Crippen molar-refractivity contribution in [3.8, 4) is 0 Å². The van der Waals surface area contributed by atoms with Gasteiger partial charge >= 0.3 is 6.18 Å². The van der Waals surface area contributed by atoms with Crippen LogP contribution in [0, 0.1) is 6.92 Å². The van der Waals surface area contributed by atoms with Gasteiger partial charge in [0.05, 0.1) is 17.4 Å². The summed E-state index contributed by atoms with van der Waals surface area (Å²) in [5.41, 5.74) is 0.507. The van der Waals surface area contributed by atoms with E-state index in [2.05, 4.69) is 10.4 Å². The van der Waals surface area contributed by atoms with Crippen LogP contribution in [-0.2, 0) is 19.8 Å². The molecule has 2 rings (SSSR count). The van der Waals surface area contributed by atoms with E-state index >= 15 is 0 Å². The molecular formula is C15H17ClF3N3O. The summed E-state index contributed by atoms with van der Waals surface area (Å²) in [6, 6.07) is 5.00. The number of aliphatic hydroxyl groups excluding tert-OH is 1. The number of nitrogens with zero attached hydrogens (tertiary/aromatic N) is 2. The number of aryl methyl sites for hydroxylation is 2. The highest BCUT2D eigenvalue weighted by atomic mass is 35.5. The zero-order valence-corrected chi connectivity index (χ0v) is 13.4. The molecule has 0 saturated heterocycles. The quantitative estimate of drug-likeness (QED) is 0.873. The lowest BCUT2D eigenvalue weighted by molar-refractivity contribution is -0.139. The predicted molar refractivity (Wildman–Crippen MR) is 81.1 cm³/mol. The van der Waals surface area contributed by atoms with Gasteiger partial charge in [-0.3, -0.25) is 4.68 Å². The molecule has 1 atom stereocenters. The topological polar surface area (TPSA) is 50.1 Å². The Bertz CT molecular complexity index is 685. The molecule has 0 bridgehead atoms. The van der Waals surface area contributed by atoms with Gasteiger partial charge in [-0.1, -0.05) is 29.8 Å². The normalized spacial score (nSPS) is 13.3. The zero-order chi connectivity index (χ0) is 17.2. The Labute approximate surface area is 136 Å². The van der Waals surface area contributed by atoms with E-state index in [9.17, 15) is 18.3 Å². The molecule has 0 spiro atoms. The number of benzene rings is 1. The molecule has 0 aliphatic heterocycles. The second-order valence-electron chi connectivity index (χ2n) is 5.21. The largest absolute Gasteiger partial charge is 0.416 e. The van der Waals surface area contributed by atoms with Gasteiger partial charge < -0.3 is 10.4 Å². The molecule has 0 fully saturated rings. The van der Waals surface area contributed by atoms with Crippen LogP contribution in [0.15, 0.2) is 24.3 Å². The number of hydrogen-bond acceptors (Lipinski definition) is 3. The molecule has 0 saturated carbocycles. The SMILES string of the molecule is Cc1nn(C)c(Cl)c1CNC[C@H](O)c1ccccc1C(F)(F)F. The van der Waals surface area contributed by atoms with Crippen LogP contribution in [0.3, 0.4) is 0 Å². The number of rotatable bonds is 5. The second kappa shape index (κ2) is 6.90. The first-order valence-corrected chi connectivity index (χ1v) is 7.32. The molecule has 2 aromatic rings. The summed E-state index contributed by atoms with van der Waals surface area (Å²) < 4.78 is 40.4. The molecule has 0 radical (unpaired) electrons. The second-order valence-corrected chi connectivity index (χ2v) is 5.57. The van der Waals surface area contributed by atoms with Crippen molar-refractivity contribution < 1.29 is 18.3 Å². The fraction of sp³-hybridized carbons (Fsp3) is 0.400. The van der Waals surface area contributed by atoms with Crippen LogP contribution in [0.2, 0.25) is 5.15 Å². The third kappa shape index (κ3) is 4.04. The fourth-order valence-electron chi connectivity index (χ4n) is 2.36. The first kappa shape index (κ1) is 17.8. The van der Waals surface area contributed by atoms with Crippen LogP contribution in [0.4, 0.5) is 13.2 Å². The van der Waals surface area contributed by atoms with Crippen molar-refractivity contribution in [2.24, 2.45) is 7.05 Å². The molecular weight excluding hydrogens is 331 g/mol. The summed E-state index contributed by atoms with van der Waals surface area (Å²) in [6.45, 7) is 2.07. The highest BCUT2D eigenvalue weighted by Crippen LogP contribution is 2.34. The Kier molecular flexibility index (Phi) is 5.33. The van der Waals surface area contributed by atoms with Crippen molar-refractivity contribution >= 4 is 11.6 Å². The van der Waals surface area contributed by atoms with Crippen LogP contribution in [0.25, 0.3) is 0 Å². The smallest absolute Gasteiger partial charge is 0.387 e. The predicted octanol–water partition coefficient (Wildman–Crippen LogP) is 3.22. The van der Waals surface area contributed by atoms with Gasteiger partial charge in [0.1, 0.15) is 5.15 Å². The minimum Gasteiger partial charge on any atom is -0.387 e. The molecule has 0 amide bonds. The lowest BCUT2D eigenvalue weighted by Crippen LogP contribution is -2.23. The number of halogens is 4. The van der Waals surface area contributed by atoms with Crippen LogP contribution in [0.1, 0.15) is 28.5 Å². The van der Waals surface area contributed by atoms with Crippen molar-refractivity contribution in [2.75, 3.05) is 6.54 Å². The van der Waals surface area contributed by atoms with Crippen molar-refractivity contribution in [2.45, 2.75) is 25.7 Å². The Hall–Kier alpha value is -1.57. The summed E-state index contributed by atoms with van der Waals surface area (Å²) in [7, 11) is 1.70. The highest BCUT2D eigenvalue weighted by Gasteiger charge is 2.34. The maximum absolute atomic E-state index is 12.9. The van der Waals surface area contributed by atoms with Crippen molar-refractivity contribution in [1.82, 2.24) is 15.1 Å². The maximum atomic E-state index is 12.9. The molecule has 1 aromatic heterocycles. The summed E-state index contributed by atoms with van der Waals surface area (Å²) in [6.07, 6.45) is -5.77. The third-order valence-electron chi connectivity index (χ3n) is 3.53. The Balaban J connectivity index is 2.05. The Morgan fingerprint density at radius 3 is 2.57 bits per heavy atom. The van der Waals surface area contributed by atoms with Crippen molar-refractivity contribution in [1.29, 1.82) is 0 Å². The molecule has 126 valence electrons. The van der Waals surface area contributed by atoms with Crippen molar-refractivity contribution in [3.63, 3.8) is 0 Å². The number of nitrogens with one attached hydrogen (secondary N) is 1. The van der Waals surface area contributed by atoms with Gasteiger partial charge in [0.2, 0.25) is 0 Å². The average Bonchev–Trinajstić information content (AvgIpc) is 2.72. The van der Waals surface area contributed by atoms with Gasteiger partial charge in [0.15, 0.2) is 0 Å². The Morgan fingerprint density at radius 2 is 2.00 bits per heavy atom. The molecule has 1 heterocycles. The zero-order valence-electron chi connectivity index (χ0n) is 12.7. The number of aliphatic hydroxyl groups is 1. The number of hydrogen-bond donors (Lipinski definition) is 2. The minimum absolute atomic E-state index is 0.0300. The maximum Gasteiger partial charge on any atom is 0.416 e. The number of aromatic nitrogens is 2. The van der Waals surface area contributed by atoms with E-state index in [0.29, 0.717) is 11.7 Å². The summed E-state index contributed by atoms with van der Waals surface area (Å²) in [5.74, 6) is 0. The molecule has 2 N–H and O–H groups in total. The molecule has 0 aliphatic carbocycles. The van der Waals surface area contributed by atoms with E-state index in [1.165, 1.54) is 22.9 Å². The summed E-state index contributed by atoms with van der Waals surface area (Å²) in [5, 5.41) is 17.6. The lowest BCUT2D eigenvalue weighted by Gasteiger charge is -2.18. The fourth-order valence-corrected chi connectivity index (χ4v) is 2.61. The molecule has 0 aliphatic rings. The standard InChI is InChI=1S/C15H17ClF3N3O/c1-9-11(14(16)22(2)21-9)7-20-8-13(23)10-5-3-4-6-12(10)15(17,18)19/h3-6,13,20,23H,7-8H2,1-2H3/t13-/m0/s1. The van der Waals surface area contributed by atoms with E-state index < -0.39 is 17.8 Å². The average molecular weight is 348 g/mol. The molecule has 0 unspecified atom stereocenters. The summed E-state index contributed by atoms with van der Waals surface area (Å²) >= 11 is 6.08. The van der Waals surface area contributed by atoms with Crippen LogP contribution in [0.5, 0.6) is 0 Å². The van der Waals surface area contributed by atoms with Gasteiger partial charge in [-0.2, -0.15) is 18.3 Å². The molecule has 1 aromatic carbocycles. The molecule has 23 heavy (non-hydrogen) atoms. The molecule has 4 nitrogen and oxygen atoms in total. The first-order chi connectivity index (χ1) is 10.7. The van der Waals surface area contributed by atoms with Gasteiger partial charge in [-0.25, -0.2) is 0 Å². The lowest BCUT2D eigenvalue weighted by atomic mass is 10.0. The third-order valence-corrected chi connectivity index (χ3v) is 4.01. The van der Waals surface area contributed by atoms with Gasteiger partial charge in [0, 0.05) is 25.7 Å². The van der Waals surface area contributed by atoms with Gasteiger partial charge in [0.25, 0.3) is 0 Å². The molecule has 8 heteroatoms. The summed E-state index contributed by atoms with van der Waals surface area (Å²) in [4.78, 5) is 0. The number of alkyl halides is 3. The van der Waals surface area contributed by atoms with Gasteiger partial charge in [-0.05, 0) is 18.6 Å².